The maximum absolute atomic E-state index is 8.77. The number of aliphatic hydroxyl groups is 1. The van der Waals surface area contributed by atoms with Crippen LogP contribution in [0.1, 0.15) is 30.0 Å². The van der Waals surface area contributed by atoms with Crippen LogP contribution in [0.15, 0.2) is 24.3 Å². The molecule has 2 N–H and O–H groups in total. The predicted molar refractivity (Wildman–Crippen MR) is 59.3 cm³/mol. The number of aliphatic hydroxyl groups excluding tert-OH is 1. The molecule has 0 unspecified atom stereocenters. The molecular weight excluding hydrogens is 174 g/mol. The van der Waals surface area contributed by atoms with Crippen LogP contribution in [0.25, 0.3) is 0 Å². The average Bonchev–Trinajstić information content (AvgIpc) is 2.21. The molecule has 0 amide bonds. The zero-order valence-corrected chi connectivity index (χ0v) is 8.96. The van der Waals surface area contributed by atoms with E-state index in [4.69, 9.17) is 5.11 Å². The molecule has 1 aromatic rings. The molecule has 0 saturated carbocycles. The van der Waals surface area contributed by atoms with Crippen molar-refractivity contribution in [1.29, 1.82) is 0 Å². The number of nitrogens with one attached hydrogen (secondary N) is 1. The number of aryl methyl sites for hydroxylation is 1. The Hall–Kier alpha value is -0.860. The van der Waals surface area contributed by atoms with Gasteiger partial charge in [-0.15, -0.1) is 0 Å². The van der Waals surface area contributed by atoms with Crippen molar-refractivity contribution >= 4 is 0 Å². The van der Waals surface area contributed by atoms with Crippen LogP contribution in [-0.4, -0.2) is 18.8 Å². The van der Waals surface area contributed by atoms with E-state index in [9.17, 15) is 0 Å². The Morgan fingerprint density at radius 1 is 1.29 bits per heavy atom. The summed E-state index contributed by atoms with van der Waals surface area (Å²) in [5.41, 5.74) is 2.58. The summed E-state index contributed by atoms with van der Waals surface area (Å²) in [6, 6.07) is 8.90. The summed E-state index contributed by atoms with van der Waals surface area (Å²) in [6.45, 7) is 2.36. The number of hydrogen-bond donors (Lipinski definition) is 2. The smallest absolute Gasteiger partial charge is 0.0431 e. The van der Waals surface area contributed by atoms with Gasteiger partial charge in [-0.2, -0.15) is 0 Å². The molecule has 1 atom stereocenters. The van der Waals surface area contributed by atoms with E-state index in [-0.39, 0.29) is 6.61 Å². The van der Waals surface area contributed by atoms with Gasteiger partial charge in [0.1, 0.15) is 0 Å². The van der Waals surface area contributed by atoms with Crippen molar-refractivity contribution in [1.82, 2.24) is 5.32 Å². The molecule has 0 fully saturated rings. The summed E-state index contributed by atoms with van der Waals surface area (Å²) in [5, 5.41) is 12.0. The van der Waals surface area contributed by atoms with Gasteiger partial charge in [-0.25, -0.2) is 0 Å². The Balaban J connectivity index is 2.64. The first-order chi connectivity index (χ1) is 6.77. The topological polar surface area (TPSA) is 32.3 Å². The zero-order valence-electron chi connectivity index (χ0n) is 8.96. The van der Waals surface area contributed by atoms with Gasteiger partial charge in [-0.05, 0) is 32.4 Å². The lowest BCUT2D eigenvalue weighted by Crippen LogP contribution is -2.16. The molecule has 1 aromatic carbocycles. The highest BCUT2D eigenvalue weighted by molar-refractivity contribution is 5.23. The summed E-state index contributed by atoms with van der Waals surface area (Å²) < 4.78 is 0. The van der Waals surface area contributed by atoms with E-state index in [0.717, 1.165) is 12.8 Å². The third-order valence-electron chi connectivity index (χ3n) is 2.48. The van der Waals surface area contributed by atoms with Crippen LogP contribution in [0.2, 0.25) is 0 Å². The summed E-state index contributed by atoms with van der Waals surface area (Å²) in [7, 11) is 1.96. The minimum Gasteiger partial charge on any atom is -0.396 e. The first kappa shape index (κ1) is 11.2. The van der Waals surface area contributed by atoms with E-state index < -0.39 is 0 Å². The monoisotopic (exact) mass is 193 g/mol. The molecule has 0 heterocycles. The van der Waals surface area contributed by atoms with Gasteiger partial charge in [0.2, 0.25) is 0 Å². The van der Waals surface area contributed by atoms with Crippen LogP contribution in [0.4, 0.5) is 0 Å². The van der Waals surface area contributed by atoms with E-state index in [2.05, 4.69) is 36.5 Å². The molecule has 0 aromatic heterocycles. The van der Waals surface area contributed by atoms with Gasteiger partial charge in [0, 0.05) is 12.6 Å². The summed E-state index contributed by atoms with van der Waals surface area (Å²) in [6.07, 6.45) is 1.83. The molecule has 0 spiro atoms. The fourth-order valence-electron chi connectivity index (χ4n) is 1.57. The molecule has 0 bridgehead atoms. The van der Waals surface area contributed by atoms with Crippen molar-refractivity contribution in [2.24, 2.45) is 0 Å². The lowest BCUT2D eigenvalue weighted by atomic mass is 10.0. The number of benzene rings is 1. The van der Waals surface area contributed by atoms with Crippen LogP contribution >= 0.6 is 0 Å². The second-order valence-corrected chi connectivity index (χ2v) is 3.62. The highest BCUT2D eigenvalue weighted by Crippen LogP contribution is 2.18. The fraction of sp³-hybridized carbons (Fsp3) is 0.500. The Morgan fingerprint density at radius 2 is 1.93 bits per heavy atom. The van der Waals surface area contributed by atoms with Crippen molar-refractivity contribution in [2.75, 3.05) is 13.7 Å². The maximum atomic E-state index is 8.77. The Kier molecular flexibility index (Phi) is 4.63. The molecule has 2 nitrogen and oxygen atoms in total. The first-order valence-corrected chi connectivity index (χ1v) is 5.12. The minimum atomic E-state index is 0.268. The fourth-order valence-corrected chi connectivity index (χ4v) is 1.57. The van der Waals surface area contributed by atoms with Crippen molar-refractivity contribution in [3.8, 4) is 0 Å². The third-order valence-corrected chi connectivity index (χ3v) is 2.48. The minimum absolute atomic E-state index is 0.268. The van der Waals surface area contributed by atoms with E-state index >= 15 is 0 Å². The highest BCUT2D eigenvalue weighted by Gasteiger charge is 2.07. The summed E-state index contributed by atoms with van der Waals surface area (Å²) in [4.78, 5) is 0. The first-order valence-electron chi connectivity index (χ1n) is 5.12. The van der Waals surface area contributed by atoms with Gasteiger partial charge in [-0.3, -0.25) is 0 Å². The normalized spacial score (nSPS) is 12.8. The molecule has 14 heavy (non-hydrogen) atoms. The molecular formula is C12H19NO. The molecule has 0 aliphatic heterocycles. The second-order valence-electron chi connectivity index (χ2n) is 3.62. The largest absolute Gasteiger partial charge is 0.396 e. The van der Waals surface area contributed by atoms with Crippen molar-refractivity contribution < 1.29 is 5.11 Å². The SMILES string of the molecule is CN[C@H](CCCO)c1ccc(C)cc1. The van der Waals surface area contributed by atoms with Crippen molar-refractivity contribution in [3.05, 3.63) is 35.4 Å². The van der Waals surface area contributed by atoms with Gasteiger partial charge >= 0.3 is 0 Å². The number of hydrogen-bond acceptors (Lipinski definition) is 2. The van der Waals surface area contributed by atoms with Crippen molar-refractivity contribution in [2.45, 2.75) is 25.8 Å². The lowest BCUT2D eigenvalue weighted by Gasteiger charge is -2.16. The molecule has 0 saturated heterocycles. The maximum Gasteiger partial charge on any atom is 0.0431 e. The Bertz CT molecular complexity index is 256. The van der Waals surface area contributed by atoms with Gasteiger partial charge in [0.05, 0.1) is 0 Å². The standard InChI is InChI=1S/C12H19NO/c1-10-5-7-11(8-6-10)12(13-2)4-3-9-14/h5-8,12-14H,3-4,9H2,1-2H3/t12-/m1/s1. The van der Waals surface area contributed by atoms with E-state index in [1.165, 1.54) is 11.1 Å². The van der Waals surface area contributed by atoms with Crippen LogP contribution in [0, 0.1) is 6.92 Å². The summed E-state index contributed by atoms with van der Waals surface area (Å²) in [5.74, 6) is 0. The third kappa shape index (κ3) is 3.13. The van der Waals surface area contributed by atoms with E-state index in [0.29, 0.717) is 6.04 Å². The molecule has 1 rings (SSSR count). The number of rotatable bonds is 5. The quantitative estimate of drug-likeness (QED) is 0.750. The average molecular weight is 193 g/mol. The molecule has 0 aliphatic carbocycles. The second kappa shape index (κ2) is 5.78. The van der Waals surface area contributed by atoms with E-state index in [1.54, 1.807) is 0 Å². The Morgan fingerprint density at radius 3 is 2.43 bits per heavy atom. The summed E-state index contributed by atoms with van der Waals surface area (Å²) >= 11 is 0. The van der Waals surface area contributed by atoms with Gasteiger partial charge < -0.3 is 10.4 Å². The zero-order chi connectivity index (χ0) is 10.4. The van der Waals surface area contributed by atoms with Crippen LogP contribution < -0.4 is 5.32 Å². The lowest BCUT2D eigenvalue weighted by molar-refractivity contribution is 0.276. The predicted octanol–water partition coefficient (Wildman–Crippen LogP) is 2.03. The molecule has 0 aliphatic rings. The Labute approximate surface area is 86.0 Å². The molecule has 2 heteroatoms. The van der Waals surface area contributed by atoms with Crippen molar-refractivity contribution in [3.63, 3.8) is 0 Å². The van der Waals surface area contributed by atoms with Crippen LogP contribution in [0.5, 0.6) is 0 Å². The van der Waals surface area contributed by atoms with E-state index in [1.807, 2.05) is 7.05 Å². The van der Waals surface area contributed by atoms with Gasteiger partial charge in [0.25, 0.3) is 0 Å². The molecule has 0 radical (unpaired) electrons. The van der Waals surface area contributed by atoms with Gasteiger partial charge in [-0.1, -0.05) is 29.8 Å². The van der Waals surface area contributed by atoms with Crippen LogP contribution in [0.3, 0.4) is 0 Å². The van der Waals surface area contributed by atoms with Gasteiger partial charge in [0.15, 0.2) is 0 Å². The highest BCUT2D eigenvalue weighted by atomic mass is 16.2. The molecule has 78 valence electrons. The van der Waals surface area contributed by atoms with Crippen LogP contribution in [-0.2, 0) is 0 Å².